The topological polar surface area (TPSA) is 51.5 Å². The minimum Gasteiger partial charge on any atom is -0.312 e. The summed E-state index contributed by atoms with van der Waals surface area (Å²) in [6.07, 6.45) is 3.35. The van der Waals surface area contributed by atoms with Crippen LogP contribution < -0.4 is 0 Å². The van der Waals surface area contributed by atoms with E-state index < -0.39 is 5.97 Å². The molecular formula is C19H14N2O2. The van der Waals surface area contributed by atoms with Crippen molar-refractivity contribution in [3.05, 3.63) is 102 Å². The molecule has 0 saturated carbocycles. The van der Waals surface area contributed by atoms with E-state index in [0.29, 0.717) is 11.3 Å². The van der Waals surface area contributed by atoms with Gasteiger partial charge in [0.05, 0.1) is 5.56 Å². The van der Waals surface area contributed by atoms with Crippen LogP contribution in [0.4, 0.5) is 0 Å². The van der Waals surface area contributed by atoms with Crippen LogP contribution >= 0.6 is 0 Å². The first-order valence-corrected chi connectivity index (χ1v) is 7.15. The average Bonchev–Trinajstić information content (AvgIpc) is 2.64. The van der Waals surface area contributed by atoms with E-state index in [1.54, 1.807) is 36.7 Å². The Kier molecular flexibility index (Phi) is 4.55. The van der Waals surface area contributed by atoms with Gasteiger partial charge in [-0.2, -0.15) is 0 Å². The molecule has 4 heteroatoms. The van der Waals surface area contributed by atoms with Gasteiger partial charge in [0.1, 0.15) is 5.71 Å². The van der Waals surface area contributed by atoms with Gasteiger partial charge in [-0.3, -0.25) is 4.98 Å². The van der Waals surface area contributed by atoms with Crippen molar-refractivity contribution in [2.75, 3.05) is 0 Å². The number of rotatable bonds is 4. The predicted octanol–water partition coefficient (Wildman–Crippen LogP) is 3.69. The van der Waals surface area contributed by atoms with Gasteiger partial charge < -0.3 is 4.84 Å². The molecule has 1 aromatic heterocycles. The Morgan fingerprint density at radius 1 is 0.739 bits per heavy atom. The van der Waals surface area contributed by atoms with Crippen molar-refractivity contribution in [1.82, 2.24) is 4.98 Å². The van der Waals surface area contributed by atoms with Gasteiger partial charge in [-0.05, 0) is 24.3 Å². The molecule has 0 saturated heterocycles. The quantitative estimate of drug-likeness (QED) is 0.419. The second kappa shape index (κ2) is 7.13. The normalized spacial score (nSPS) is 11.0. The SMILES string of the molecule is O=C(O/N=C(\c1ccccc1)c1ccncc1)c1ccccc1. The Morgan fingerprint density at radius 2 is 1.26 bits per heavy atom. The first kappa shape index (κ1) is 14.7. The van der Waals surface area contributed by atoms with Crippen LogP contribution in [0.1, 0.15) is 21.5 Å². The van der Waals surface area contributed by atoms with Gasteiger partial charge >= 0.3 is 5.97 Å². The van der Waals surface area contributed by atoms with Crippen LogP contribution in [-0.2, 0) is 4.84 Å². The van der Waals surface area contributed by atoms with Crippen molar-refractivity contribution >= 4 is 11.7 Å². The van der Waals surface area contributed by atoms with Crippen LogP contribution in [0.5, 0.6) is 0 Å². The summed E-state index contributed by atoms with van der Waals surface area (Å²) in [5, 5.41) is 4.08. The maximum atomic E-state index is 12.1. The molecular weight excluding hydrogens is 288 g/mol. The van der Waals surface area contributed by atoms with Crippen molar-refractivity contribution in [3.63, 3.8) is 0 Å². The van der Waals surface area contributed by atoms with E-state index in [1.807, 2.05) is 48.5 Å². The molecule has 0 N–H and O–H groups in total. The first-order chi connectivity index (χ1) is 11.3. The zero-order valence-corrected chi connectivity index (χ0v) is 12.3. The zero-order chi connectivity index (χ0) is 15.9. The third-order valence-electron chi connectivity index (χ3n) is 3.23. The monoisotopic (exact) mass is 302 g/mol. The lowest BCUT2D eigenvalue weighted by Crippen LogP contribution is -2.07. The first-order valence-electron chi connectivity index (χ1n) is 7.15. The van der Waals surface area contributed by atoms with E-state index in [2.05, 4.69) is 10.1 Å². The number of hydrogen-bond acceptors (Lipinski definition) is 4. The van der Waals surface area contributed by atoms with Crippen LogP contribution in [0.25, 0.3) is 0 Å². The van der Waals surface area contributed by atoms with Crippen LogP contribution in [0.15, 0.2) is 90.3 Å². The Balaban J connectivity index is 1.91. The highest BCUT2D eigenvalue weighted by Gasteiger charge is 2.10. The average molecular weight is 302 g/mol. The number of carbonyl (C=O) groups is 1. The second-order valence-corrected chi connectivity index (χ2v) is 4.79. The van der Waals surface area contributed by atoms with Gasteiger partial charge in [-0.1, -0.05) is 53.7 Å². The number of aromatic nitrogens is 1. The molecule has 2 aromatic carbocycles. The lowest BCUT2D eigenvalue weighted by Gasteiger charge is -2.06. The van der Waals surface area contributed by atoms with E-state index in [1.165, 1.54) is 0 Å². The number of oxime groups is 1. The fourth-order valence-corrected chi connectivity index (χ4v) is 2.09. The van der Waals surface area contributed by atoms with Crippen molar-refractivity contribution < 1.29 is 9.63 Å². The van der Waals surface area contributed by atoms with Gasteiger partial charge in [0.25, 0.3) is 0 Å². The fourth-order valence-electron chi connectivity index (χ4n) is 2.09. The van der Waals surface area contributed by atoms with Crippen molar-refractivity contribution in [3.8, 4) is 0 Å². The summed E-state index contributed by atoms with van der Waals surface area (Å²) in [5.41, 5.74) is 2.72. The third-order valence-corrected chi connectivity index (χ3v) is 3.23. The molecule has 0 amide bonds. The number of nitrogens with zero attached hydrogens (tertiary/aromatic N) is 2. The molecule has 0 radical (unpaired) electrons. The lowest BCUT2D eigenvalue weighted by molar-refractivity contribution is 0.0517. The van der Waals surface area contributed by atoms with E-state index in [-0.39, 0.29) is 0 Å². The highest BCUT2D eigenvalue weighted by molar-refractivity contribution is 6.12. The molecule has 112 valence electrons. The minimum atomic E-state index is -0.493. The predicted molar refractivity (Wildman–Crippen MR) is 88.2 cm³/mol. The van der Waals surface area contributed by atoms with Crippen LogP contribution in [0, 0.1) is 0 Å². The number of carbonyl (C=O) groups excluding carboxylic acids is 1. The van der Waals surface area contributed by atoms with Crippen molar-refractivity contribution in [1.29, 1.82) is 0 Å². The van der Waals surface area contributed by atoms with Crippen LogP contribution in [-0.4, -0.2) is 16.7 Å². The van der Waals surface area contributed by atoms with E-state index in [9.17, 15) is 4.79 Å². The summed E-state index contributed by atoms with van der Waals surface area (Å²) in [7, 11) is 0. The number of hydrogen-bond donors (Lipinski definition) is 0. The molecule has 0 bridgehead atoms. The van der Waals surface area contributed by atoms with Crippen LogP contribution in [0.2, 0.25) is 0 Å². The smallest absolute Gasteiger partial charge is 0.312 e. The largest absolute Gasteiger partial charge is 0.365 e. The number of benzene rings is 2. The summed E-state index contributed by atoms with van der Waals surface area (Å²) in [6.45, 7) is 0. The van der Waals surface area contributed by atoms with Crippen LogP contribution in [0.3, 0.4) is 0 Å². The molecule has 0 aliphatic rings. The molecule has 0 unspecified atom stereocenters. The second-order valence-electron chi connectivity index (χ2n) is 4.79. The Bertz CT molecular complexity index is 759. The lowest BCUT2D eigenvalue weighted by atomic mass is 10.0. The number of pyridine rings is 1. The molecule has 0 aliphatic carbocycles. The Morgan fingerprint density at radius 3 is 1.87 bits per heavy atom. The standard InChI is InChI=1S/C19H14N2O2/c22-19(17-9-5-2-6-10-17)23-21-18(15-7-3-1-4-8-15)16-11-13-20-14-12-16/h1-14H/b21-18+. The molecule has 0 spiro atoms. The molecule has 0 aliphatic heterocycles. The van der Waals surface area contributed by atoms with E-state index in [0.717, 1.165) is 11.1 Å². The molecule has 0 atom stereocenters. The van der Waals surface area contributed by atoms with E-state index in [4.69, 9.17) is 4.84 Å². The molecule has 23 heavy (non-hydrogen) atoms. The summed E-state index contributed by atoms with van der Waals surface area (Å²) in [6, 6.07) is 22.0. The third kappa shape index (κ3) is 3.68. The molecule has 3 rings (SSSR count). The van der Waals surface area contributed by atoms with Crippen molar-refractivity contribution in [2.45, 2.75) is 0 Å². The summed E-state index contributed by atoms with van der Waals surface area (Å²) in [4.78, 5) is 21.2. The van der Waals surface area contributed by atoms with E-state index >= 15 is 0 Å². The maximum Gasteiger partial charge on any atom is 0.365 e. The highest BCUT2D eigenvalue weighted by atomic mass is 16.7. The van der Waals surface area contributed by atoms with Gasteiger partial charge in [0.2, 0.25) is 0 Å². The fraction of sp³-hybridized carbons (Fsp3) is 0. The van der Waals surface area contributed by atoms with Gasteiger partial charge in [0.15, 0.2) is 0 Å². The summed E-state index contributed by atoms with van der Waals surface area (Å²) < 4.78 is 0. The zero-order valence-electron chi connectivity index (χ0n) is 12.3. The molecule has 0 fully saturated rings. The van der Waals surface area contributed by atoms with Gasteiger partial charge in [0, 0.05) is 23.5 Å². The molecule has 1 heterocycles. The molecule has 4 nitrogen and oxygen atoms in total. The van der Waals surface area contributed by atoms with Crippen molar-refractivity contribution in [2.24, 2.45) is 5.16 Å². The summed E-state index contributed by atoms with van der Waals surface area (Å²) in [5.74, 6) is -0.493. The minimum absolute atomic E-state index is 0.457. The maximum absolute atomic E-state index is 12.1. The van der Waals surface area contributed by atoms with Gasteiger partial charge in [-0.25, -0.2) is 4.79 Å². The Labute approximate surface area is 134 Å². The highest BCUT2D eigenvalue weighted by Crippen LogP contribution is 2.11. The molecule has 3 aromatic rings. The Hall–Kier alpha value is -3.27. The summed E-state index contributed by atoms with van der Waals surface area (Å²) >= 11 is 0. The van der Waals surface area contributed by atoms with Gasteiger partial charge in [-0.15, -0.1) is 0 Å².